The van der Waals surface area contributed by atoms with Crippen LogP contribution in [0.1, 0.15) is 48.2 Å². The number of hydrogen-bond donors (Lipinski definition) is 2. The molecular weight excluding hydrogens is 288 g/mol. The summed E-state index contributed by atoms with van der Waals surface area (Å²) in [6.07, 6.45) is 8.90. The molecule has 1 aliphatic carbocycles. The SMILES string of the molecule is Cc1ccccc1Nc1cnc(C(=O)NC2CCCCC2)cn1. The fraction of sp³-hybridized carbons (Fsp3) is 0.389. The predicted octanol–water partition coefficient (Wildman–Crippen LogP) is 3.59. The van der Waals surface area contributed by atoms with Gasteiger partial charge in [0.25, 0.3) is 5.91 Å². The van der Waals surface area contributed by atoms with Crippen molar-refractivity contribution in [2.75, 3.05) is 5.32 Å². The Morgan fingerprint density at radius 2 is 1.87 bits per heavy atom. The van der Waals surface area contributed by atoms with Gasteiger partial charge in [0.15, 0.2) is 0 Å². The highest BCUT2D eigenvalue weighted by Crippen LogP contribution is 2.19. The van der Waals surface area contributed by atoms with Crippen LogP contribution in [0.5, 0.6) is 0 Å². The molecule has 2 N–H and O–H groups in total. The largest absolute Gasteiger partial charge is 0.348 e. The van der Waals surface area contributed by atoms with E-state index in [0.29, 0.717) is 11.5 Å². The van der Waals surface area contributed by atoms with E-state index in [0.717, 1.165) is 24.1 Å². The number of benzene rings is 1. The third kappa shape index (κ3) is 4.06. The summed E-state index contributed by atoms with van der Waals surface area (Å²) in [5, 5.41) is 6.27. The second kappa shape index (κ2) is 7.22. The van der Waals surface area contributed by atoms with Crippen LogP contribution < -0.4 is 10.6 Å². The van der Waals surface area contributed by atoms with Gasteiger partial charge in [0, 0.05) is 11.7 Å². The number of carbonyl (C=O) groups is 1. The van der Waals surface area contributed by atoms with E-state index in [1.54, 1.807) is 6.20 Å². The quantitative estimate of drug-likeness (QED) is 0.905. The molecule has 0 bridgehead atoms. The minimum absolute atomic E-state index is 0.133. The monoisotopic (exact) mass is 310 g/mol. The summed E-state index contributed by atoms with van der Waals surface area (Å²) >= 11 is 0. The fourth-order valence-electron chi connectivity index (χ4n) is 2.87. The molecule has 1 fully saturated rings. The predicted molar refractivity (Wildman–Crippen MR) is 90.8 cm³/mol. The minimum atomic E-state index is -0.133. The molecule has 1 heterocycles. The lowest BCUT2D eigenvalue weighted by atomic mass is 9.95. The van der Waals surface area contributed by atoms with Crippen molar-refractivity contribution in [2.24, 2.45) is 0 Å². The highest BCUT2D eigenvalue weighted by molar-refractivity contribution is 5.92. The highest BCUT2D eigenvalue weighted by atomic mass is 16.1. The Bertz CT molecular complexity index is 663. The van der Waals surface area contributed by atoms with E-state index in [2.05, 4.69) is 20.6 Å². The molecule has 0 aliphatic heterocycles. The van der Waals surface area contributed by atoms with Gasteiger partial charge in [-0.1, -0.05) is 37.5 Å². The summed E-state index contributed by atoms with van der Waals surface area (Å²) in [5.74, 6) is 0.500. The minimum Gasteiger partial charge on any atom is -0.348 e. The third-order valence-electron chi connectivity index (χ3n) is 4.23. The summed E-state index contributed by atoms with van der Waals surface area (Å²) < 4.78 is 0. The van der Waals surface area contributed by atoms with Crippen LogP contribution in [0.2, 0.25) is 0 Å². The zero-order chi connectivity index (χ0) is 16.1. The van der Waals surface area contributed by atoms with Crippen molar-refractivity contribution in [2.45, 2.75) is 45.1 Å². The van der Waals surface area contributed by atoms with Gasteiger partial charge in [0.05, 0.1) is 12.4 Å². The second-order valence-electron chi connectivity index (χ2n) is 6.04. The first-order chi connectivity index (χ1) is 11.2. The Morgan fingerprint density at radius 1 is 1.09 bits per heavy atom. The van der Waals surface area contributed by atoms with Crippen LogP contribution in [-0.4, -0.2) is 21.9 Å². The van der Waals surface area contributed by atoms with Crippen LogP contribution in [0.25, 0.3) is 0 Å². The number of aryl methyl sites for hydroxylation is 1. The molecule has 1 aromatic carbocycles. The number of carbonyl (C=O) groups excluding carboxylic acids is 1. The van der Waals surface area contributed by atoms with Gasteiger partial charge in [-0.2, -0.15) is 0 Å². The second-order valence-corrected chi connectivity index (χ2v) is 6.04. The number of amides is 1. The molecule has 0 atom stereocenters. The molecule has 1 aromatic heterocycles. The zero-order valence-electron chi connectivity index (χ0n) is 13.4. The molecule has 2 aromatic rings. The van der Waals surface area contributed by atoms with Crippen molar-refractivity contribution in [1.29, 1.82) is 0 Å². The van der Waals surface area contributed by atoms with Crippen LogP contribution in [0.4, 0.5) is 11.5 Å². The number of hydrogen-bond acceptors (Lipinski definition) is 4. The summed E-state index contributed by atoms with van der Waals surface area (Å²) in [4.78, 5) is 20.7. The topological polar surface area (TPSA) is 66.9 Å². The van der Waals surface area contributed by atoms with E-state index in [9.17, 15) is 4.79 Å². The average Bonchev–Trinajstić information content (AvgIpc) is 2.58. The Balaban J connectivity index is 1.62. The molecule has 1 amide bonds. The van der Waals surface area contributed by atoms with Gasteiger partial charge < -0.3 is 10.6 Å². The number of anilines is 2. The van der Waals surface area contributed by atoms with Crippen molar-refractivity contribution in [3.8, 4) is 0 Å². The van der Waals surface area contributed by atoms with Crippen molar-refractivity contribution < 1.29 is 4.79 Å². The first kappa shape index (κ1) is 15.5. The van der Waals surface area contributed by atoms with Crippen LogP contribution in [0.3, 0.4) is 0 Å². The number of nitrogens with zero attached hydrogens (tertiary/aromatic N) is 2. The number of aromatic nitrogens is 2. The number of rotatable bonds is 4. The maximum absolute atomic E-state index is 12.2. The maximum atomic E-state index is 12.2. The van der Waals surface area contributed by atoms with Gasteiger partial charge >= 0.3 is 0 Å². The van der Waals surface area contributed by atoms with Crippen molar-refractivity contribution >= 4 is 17.4 Å². The lowest BCUT2D eigenvalue weighted by molar-refractivity contribution is 0.0922. The van der Waals surface area contributed by atoms with Gasteiger partial charge in [-0.15, -0.1) is 0 Å². The molecule has 0 radical (unpaired) electrons. The summed E-state index contributed by atoms with van der Waals surface area (Å²) in [7, 11) is 0. The van der Waals surface area contributed by atoms with E-state index in [-0.39, 0.29) is 11.9 Å². The normalized spacial score (nSPS) is 15.2. The lowest BCUT2D eigenvalue weighted by Crippen LogP contribution is -2.36. The smallest absolute Gasteiger partial charge is 0.271 e. The van der Waals surface area contributed by atoms with Gasteiger partial charge in [0.2, 0.25) is 0 Å². The van der Waals surface area contributed by atoms with Crippen molar-refractivity contribution in [3.05, 3.63) is 47.9 Å². The van der Waals surface area contributed by atoms with Gasteiger partial charge in [0.1, 0.15) is 11.5 Å². The Labute approximate surface area is 136 Å². The molecule has 0 saturated heterocycles. The standard InChI is InChI=1S/C18H22N4O/c1-13-7-5-6-10-15(13)22-17-12-19-16(11-20-17)18(23)21-14-8-3-2-4-9-14/h5-7,10-12,14H,2-4,8-9H2,1H3,(H,20,22)(H,21,23). The van der Waals surface area contributed by atoms with Gasteiger partial charge in [-0.3, -0.25) is 4.79 Å². The van der Waals surface area contributed by atoms with E-state index in [1.165, 1.54) is 25.5 Å². The van der Waals surface area contributed by atoms with Gasteiger partial charge in [-0.25, -0.2) is 9.97 Å². The van der Waals surface area contributed by atoms with Gasteiger partial charge in [-0.05, 0) is 31.4 Å². The van der Waals surface area contributed by atoms with Crippen LogP contribution in [0.15, 0.2) is 36.7 Å². The van der Waals surface area contributed by atoms with E-state index in [4.69, 9.17) is 0 Å². The lowest BCUT2D eigenvalue weighted by Gasteiger charge is -2.22. The Morgan fingerprint density at radius 3 is 2.57 bits per heavy atom. The summed E-state index contributed by atoms with van der Waals surface area (Å²) in [6, 6.07) is 8.25. The Hall–Kier alpha value is -2.43. The number of para-hydroxylation sites is 1. The molecular formula is C18H22N4O. The molecule has 0 unspecified atom stereocenters. The molecule has 1 saturated carbocycles. The first-order valence-corrected chi connectivity index (χ1v) is 8.18. The fourth-order valence-corrected chi connectivity index (χ4v) is 2.87. The molecule has 23 heavy (non-hydrogen) atoms. The average molecular weight is 310 g/mol. The van der Waals surface area contributed by atoms with Crippen molar-refractivity contribution in [3.63, 3.8) is 0 Å². The van der Waals surface area contributed by atoms with Crippen LogP contribution in [-0.2, 0) is 0 Å². The van der Waals surface area contributed by atoms with E-state index < -0.39 is 0 Å². The zero-order valence-corrected chi connectivity index (χ0v) is 13.4. The summed E-state index contributed by atoms with van der Waals surface area (Å²) in [5.41, 5.74) is 2.49. The molecule has 5 heteroatoms. The summed E-state index contributed by atoms with van der Waals surface area (Å²) in [6.45, 7) is 2.03. The van der Waals surface area contributed by atoms with Crippen molar-refractivity contribution in [1.82, 2.24) is 15.3 Å². The molecule has 3 rings (SSSR count). The van der Waals surface area contributed by atoms with E-state index >= 15 is 0 Å². The molecule has 120 valence electrons. The molecule has 5 nitrogen and oxygen atoms in total. The Kier molecular flexibility index (Phi) is 4.86. The van der Waals surface area contributed by atoms with Crippen LogP contribution >= 0.6 is 0 Å². The molecule has 1 aliphatic rings. The maximum Gasteiger partial charge on any atom is 0.271 e. The highest BCUT2D eigenvalue weighted by Gasteiger charge is 2.17. The first-order valence-electron chi connectivity index (χ1n) is 8.18. The number of nitrogens with one attached hydrogen (secondary N) is 2. The third-order valence-corrected chi connectivity index (χ3v) is 4.23. The molecule has 0 spiro atoms. The van der Waals surface area contributed by atoms with Crippen LogP contribution in [0, 0.1) is 6.92 Å². The van der Waals surface area contributed by atoms with E-state index in [1.807, 2.05) is 31.2 Å².